The fourth-order valence-electron chi connectivity index (χ4n) is 7.73. The van der Waals surface area contributed by atoms with E-state index in [1.807, 2.05) is 7.05 Å². The molecule has 4 nitrogen and oxygen atoms in total. The number of ether oxygens (including phenoxy) is 2. The fourth-order valence-corrected chi connectivity index (χ4v) is 7.73. The molecule has 41 heavy (non-hydrogen) atoms. The standard InChI is InChI=1S/C37H30N2O2/c1-38-23-15-16-24(22-14-19-35-29(20-22)26-9-4-6-12-33(26)40-35)32(21-23)39-30-11-5-2-10-28(30)36-31(39)18-17-27-25-8-3-7-13-34(25)41-37(27)36/h2-21,27,29,31,35-38H,1H3. The Labute approximate surface area is 240 Å². The van der Waals surface area contributed by atoms with E-state index in [2.05, 4.69) is 132 Å². The third kappa shape index (κ3) is 3.28. The molecule has 200 valence electrons. The Bertz CT molecular complexity index is 1800. The molecule has 0 spiro atoms. The van der Waals surface area contributed by atoms with Gasteiger partial charge in [0.05, 0.1) is 11.7 Å². The maximum atomic E-state index is 6.71. The minimum Gasteiger partial charge on any atom is -0.488 e. The van der Waals surface area contributed by atoms with Gasteiger partial charge in [0, 0.05) is 52.9 Å². The van der Waals surface area contributed by atoms with Crippen molar-refractivity contribution in [2.75, 3.05) is 17.3 Å². The van der Waals surface area contributed by atoms with Gasteiger partial charge in [0.15, 0.2) is 0 Å². The molecule has 6 atom stereocenters. The summed E-state index contributed by atoms with van der Waals surface area (Å²) in [6, 6.07) is 32.8. The van der Waals surface area contributed by atoms with Crippen molar-refractivity contribution in [3.05, 3.63) is 144 Å². The highest BCUT2D eigenvalue weighted by Crippen LogP contribution is 2.57. The molecule has 0 bridgehead atoms. The van der Waals surface area contributed by atoms with E-state index in [1.165, 1.54) is 39.2 Å². The zero-order valence-electron chi connectivity index (χ0n) is 22.8. The molecule has 1 N–H and O–H groups in total. The normalized spacial score (nSPS) is 27.4. The fraction of sp³-hybridized carbons (Fsp3) is 0.189. The van der Waals surface area contributed by atoms with E-state index in [1.54, 1.807) is 0 Å². The number of hydrogen-bond donors (Lipinski definition) is 1. The molecule has 4 heteroatoms. The molecule has 6 unspecified atom stereocenters. The zero-order chi connectivity index (χ0) is 27.1. The number of fused-ring (bicyclic) bond motifs is 10. The van der Waals surface area contributed by atoms with Gasteiger partial charge in [-0.3, -0.25) is 0 Å². The van der Waals surface area contributed by atoms with Gasteiger partial charge in [0.2, 0.25) is 0 Å². The topological polar surface area (TPSA) is 33.7 Å². The Hall–Kier alpha value is -4.70. The summed E-state index contributed by atoms with van der Waals surface area (Å²) < 4.78 is 13.0. The SMILES string of the molecule is CNc1ccc(C2=CC3c4ccccc4OC3C=C2)c(N2c3ccccc3C3C4Oc5ccccc5C4C=CC32)c1. The van der Waals surface area contributed by atoms with Crippen molar-refractivity contribution in [3.8, 4) is 11.5 Å². The van der Waals surface area contributed by atoms with E-state index in [9.17, 15) is 0 Å². The Morgan fingerprint density at radius 2 is 1.41 bits per heavy atom. The van der Waals surface area contributed by atoms with Crippen molar-refractivity contribution < 1.29 is 9.47 Å². The second-order valence-corrected chi connectivity index (χ2v) is 11.6. The number of anilines is 3. The summed E-state index contributed by atoms with van der Waals surface area (Å²) in [5.41, 5.74) is 9.94. The summed E-state index contributed by atoms with van der Waals surface area (Å²) in [4.78, 5) is 2.55. The van der Waals surface area contributed by atoms with E-state index in [-0.39, 0.29) is 36.0 Å². The maximum Gasteiger partial charge on any atom is 0.128 e. The monoisotopic (exact) mass is 534 g/mol. The first-order valence-electron chi connectivity index (χ1n) is 14.6. The average Bonchev–Trinajstić information content (AvgIpc) is 3.69. The van der Waals surface area contributed by atoms with Crippen LogP contribution in [0.5, 0.6) is 11.5 Å². The van der Waals surface area contributed by atoms with Crippen molar-refractivity contribution in [3.63, 3.8) is 0 Å². The molecule has 0 amide bonds. The Kier molecular flexibility index (Phi) is 4.86. The Morgan fingerprint density at radius 3 is 2.24 bits per heavy atom. The van der Waals surface area contributed by atoms with Crippen LogP contribution in [0, 0.1) is 0 Å². The van der Waals surface area contributed by atoms with Crippen molar-refractivity contribution in [2.45, 2.75) is 36.0 Å². The first-order chi connectivity index (χ1) is 20.3. The Morgan fingerprint density at radius 1 is 0.683 bits per heavy atom. The van der Waals surface area contributed by atoms with Crippen LogP contribution in [0.4, 0.5) is 17.1 Å². The number of nitrogens with zero attached hydrogens (tertiary/aromatic N) is 1. The minimum absolute atomic E-state index is 0.0485. The second kappa shape index (κ2) is 8.65. The Balaban J connectivity index is 1.19. The van der Waals surface area contributed by atoms with Gasteiger partial charge in [-0.2, -0.15) is 0 Å². The summed E-state index contributed by atoms with van der Waals surface area (Å²) in [6.45, 7) is 0. The van der Waals surface area contributed by atoms with Gasteiger partial charge >= 0.3 is 0 Å². The molecular weight excluding hydrogens is 504 g/mol. The molecule has 5 aliphatic rings. The molecule has 9 rings (SSSR count). The van der Waals surface area contributed by atoms with Crippen LogP contribution in [-0.2, 0) is 0 Å². The molecular formula is C37H30N2O2. The molecule has 0 radical (unpaired) electrons. The number of nitrogens with one attached hydrogen (secondary N) is 1. The first-order valence-corrected chi connectivity index (χ1v) is 14.6. The largest absolute Gasteiger partial charge is 0.488 e. The second-order valence-electron chi connectivity index (χ2n) is 11.6. The lowest BCUT2D eigenvalue weighted by Crippen LogP contribution is -2.40. The third-order valence-corrected chi connectivity index (χ3v) is 9.56. The van der Waals surface area contributed by atoms with E-state index in [0.717, 1.165) is 17.2 Å². The van der Waals surface area contributed by atoms with Crippen molar-refractivity contribution in [2.24, 2.45) is 0 Å². The molecule has 0 saturated heterocycles. The van der Waals surface area contributed by atoms with Gasteiger partial charge in [-0.1, -0.05) is 85.0 Å². The van der Waals surface area contributed by atoms with Crippen molar-refractivity contribution in [1.82, 2.24) is 0 Å². The van der Waals surface area contributed by atoms with Gasteiger partial charge in [-0.05, 0) is 47.5 Å². The zero-order valence-corrected chi connectivity index (χ0v) is 22.8. The average molecular weight is 535 g/mol. The molecule has 4 aromatic rings. The van der Waals surface area contributed by atoms with Gasteiger partial charge in [-0.25, -0.2) is 0 Å². The first kappa shape index (κ1) is 23.0. The van der Waals surface area contributed by atoms with E-state index >= 15 is 0 Å². The summed E-state index contributed by atoms with van der Waals surface area (Å²) in [5.74, 6) is 2.73. The van der Waals surface area contributed by atoms with Crippen molar-refractivity contribution in [1.29, 1.82) is 0 Å². The lowest BCUT2D eigenvalue weighted by atomic mass is 9.77. The quantitative estimate of drug-likeness (QED) is 0.271. The summed E-state index contributed by atoms with van der Waals surface area (Å²) in [6.07, 6.45) is 11.8. The van der Waals surface area contributed by atoms with Crippen LogP contribution in [0.1, 0.15) is 40.0 Å². The van der Waals surface area contributed by atoms with Crippen LogP contribution in [0.15, 0.2) is 121 Å². The van der Waals surface area contributed by atoms with E-state index in [0.29, 0.717) is 0 Å². The molecule has 0 aromatic heterocycles. The number of hydrogen-bond acceptors (Lipinski definition) is 4. The molecule has 3 heterocycles. The minimum atomic E-state index is 0.0485. The summed E-state index contributed by atoms with van der Waals surface area (Å²) in [7, 11) is 1.99. The number of benzene rings is 4. The molecule has 3 aliphatic heterocycles. The number of rotatable bonds is 3. The maximum absolute atomic E-state index is 6.71. The van der Waals surface area contributed by atoms with Crippen LogP contribution in [0.2, 0.25) is 0 Å². The van der Waals surface area contributed by atoms with Crippen molar-refractivity contribution >= 4 is 22.6 Å². The summed E-state index contributed by atoms with van der Waals surface area (Å²) in [5, 5.41) is 3.39. The van der Waals surface area contributed by atoms with Gasteiger partial charge in [0.25, 0.3) is 0 Å². The van der Waals surface area contributed by atoms with E-state index in [4.69, 9.17) is 9.47 Å². The number of allylic oxidation sites excluding steroid dienone is 2. The molecule has 2 aliphatic carbocycles. The highest BCUT2D eigenvalue weighted by Gasteiger charge is 2.51. The predicted molar refractivity (Wildman–Crippen MR) is 165 cm³/mol. The van der Waals surface area contributed by atoms with Crippen LogP contribution in [0.25, 0.3) is 5.57 Å². The lowest BCUT2D eigenvalue weighted by molar-refractivity contribution is 0.176. The van der Waals surface area contributed by atoms with Crippen LogP contribution < -0.4 is 19.7 Å². The summed E-state index contributed by atoms with van der Waals surface area (Å²) >= 11 is 0. The molecule has 0 saturated carbocycles. The van der Waals surface area contributed by atoms with Crippen LogP contribution in [-0.4, -0.2) is 25.3 Å². The van der Waals surface area contributed by atoms with E-state index < -0.39 is 0 Å². The van der Waals surface area contributed by atoms with Gasteiger partial charge in [0.1, 0.15) is 23.7 Å². The van der Waals surface area contributed by atoms with Gasteiger partial charge in [-0.15, -0.1) is 0 Å². The predicted octanol–water partition coefficient (Wildman–Crippen LogP) is 7.94. The highest BCUT2D eigenvalue weighted by molar-refractivity contribution is 5.90. The number of para-hydroxylation sites is 3. The highest BCUT2D eigenvalue weighted by atomic mass is 16.5. The van der Waals surface area contributed by atoms with Crippen LogP contribution in [0.3, 0.4) is 0 Å². The van der Waals surface area contributed by atoms with Gasteiger partial charge < -0.3 is 19.7 Å². The third-order valence-electron chi connectivity index (χ3n) is 9.56. The lowest BCUT2D eigenvalue weighted by Gasteiger charge is -2.36. The van der Waals surface area contributed by atoms with Crippen LogP contribution >= 0.6 is 0 Å². The molecule has 0 fully saturated rings. The smallest absolute Gasteiger partial charge is 0.128 e. The molecule has 4 aromatic carbocycles.